The molecular weight excluding hydrogens is 428 g/mol. The summed E-state index contributed by atoms with van der Waals surface area (Å²) in [4.78, 5) is 22.3. The Labute approximate surface area is 188 Å². The molecule has 7 N–H and O–H groups in total. The van der Waals surface area contributed by atoms with Gasteiger partial charge in [0.1, 0.15) is 24.9 Å². The molecule has 0 amide bonds. The fraction of sp³-hybridized carbons (Fsp3) is 0.714. The van der Waals surface area contributed by atoms with Crippen LogP contribution in [0.3, 0.4) is 0 Å². The van der Waals surface area contributed by atoms with Gasteiger partial charge in [-0.2, -0.15) is 0 Å². The van der Waals surface area contributed by atoms with Crippen molar-refractivity contribution >= 4 is 11.9 Å². The van der Waals surface area contributed by atoms with E-state index < -0.39 is 55.0 Å². The second kappa shape index (κ2) is 16.7. The van der Waals surface area contributed by atoms with E-state index in [2.05, 4.69) is 17.9 Å². The lowest BCUT2D eigenvalue weighted by molar-refractivity contribution is -0.166. The van der Waals surface area contributed by atoms with E-state index in [1.165, 1.54) is 6.92 Å². The van der Waals surface area contributed by atoms with Crippen LogP contribution in [0.4, 0.5) is 0 Å². The van der Waals surface area contributed by atoms with E-state index in [4.69, 9.17) is 20.1 Å². The van der Waals surface area contributed by atoms with E-state index in [-0.39, 0.29) is 25.4 Å². The van der Waals surface area contributed by atoms with Crippen LogP contribution in [0, 0.1) is 5.41 Å². The largest absolute Gasteiger partial charge is 0.462 e. The zero-order chi connectivity index (χ0) is 25.5. The first-order chi connectivity index (χ1) is 14.9. The van der Waals surface area contributed by atoms with Crippen LogP contribution in [0.2, 0.25) is 0 Å². The molecule has 0 unspecified atom stereocenters. The van der Waals surface area contributed by atoms with E-state index in [9.17, 15) is 30.0 Å². The third-order valence-corrected chi connectivity index (χ3v) is 4.41. The molecule has 0 aromatic carbocycles. The summed E-state index contributed by atoms with van der Waals surface area (Å²) >= 11 is 0. The third kappa shape index (κ3) is 11.7. The number of aliphatic hydroxyl groups excluding tert-OH is 7. The van der Waals surface area contributed by atoms with Crippen LogP contribution in [0.5, 0.6) is 0 Å². The van der Waals surface area contributed by atoms with Gasteiger partial charge in [-0.25, -0.2) is 9.59 Å². The topological polar surface area (TPSA) is 194 Å². The van der Waals surface area contributed by atoms with Crippen LogP contribution in [0.25, 0.3) is 0 Å². The van der Waals surface area contributed by atoms with Crippen molar-refractivity contribution in [1.29, 1.82) is 0 Å². The van der Waals surface area contributed by atoms with Crippen LogP contribution in [-0.2, 0) is 19.1 Å². The Kier molecular flexibility index (Phi) is 16.9. The van der Waals surface area contributed by atoms with Crippen molar-refractivity contribution in [2.75, 3.05) is 33.0 Å². The van der Waals surface area contributed by atoms with Gasteiger partial charge < -0.3 is 45.2 Å². The average molecular weight is 467 g/mol. The van der Waals surface area contributed by atoms with Crippen molar-refractivity contribution in [1.82, 2.24) is 0 Å². The second-order valence-electron chi connectivity index (χ2n) is 7.56. The van der Waals surface area contributed by atoms with Gasteiger partial charge in [-0.05, 0) is 20.3 Å². The zero-order valence-electron chi connectivity index (χ0n) is 18.9. The Morgan fingerprint density at radius 1 is 0.875 bits per heavy atom. The van der Waals surface area contributed by atoms with E-state index in [1.807, 2.05) is 6.92 Å². The molecule has 0 rings (SSSR count). The molecule has 0 heterocycles. The monoisotopic (exact) mass is 466 g/mol. The maximum Gasteiger partial charge on any atom is 0.333 e. The molecule has 188 valence electrons. The Hall–Kier alpha value is -1.86. The Morgan fingerprint density at radius 3 is 1.72 bits per heavy atom. The molecule has 0 saturated carbocycles. The third-order valence-electron chi connectivity index (χ3n) is 4.41. The minimum atomic E-state index is -1.74. The van der Waals surface area contributed by atoms with Gasteiger partial charge in [-0.1, -0.05) is 26.5 Å². The second-order valence-corrected chi connectivity index (χ2v) is 7.56. The molecule has 0 saturated heterocycles. The van der Waals surface area contributed by atoms with Gasteiger partial charge in [0, 0.05) is 11.1 Å². The highest BCUT2D eigenvalue weighted by molar-refractivity contribution is 5.87. The molecule has 0 aliphatic rings. The molecule has 0 fully saturated rings. The number of esters is 2. The molecule has 4 atom stereocenters. The summed E-state index contributed by atoms with van der Waals surface area (Å²) < 4.78 is 9.59. The highest BCUT2D eigenvalue weighted by Crippen LogP contribution is 2.23. The van der Waals surface area contributed by atoms with Crippen molar-refractivity contribution in [3.8, 4) is 0 Å². The van der Waals surface area contributed by atoms with Crippen LogP contribution < -0.4 is 0 Å². The Morgan fingerprint density at radius 2 is 1.38 bits per heavy atom. The molecule has 0 spiro atoms. The first-order valence-corrected chi connectivity index (χ1v) is 10.0. The quantitative estimate of drug-likeness (QED) is 0.115. The molecule has 0 aromatic rings. The standard InChI is InChI=1S/C11H20O4.C10H18O7/c1-4-5-11(6-12,7-13)8-15-10(14)9(2)3;1-5(2)10(16)17-7(4-12)9(15)8(14)6(13)3-11/h12-13H,2,4-8H2,1,3H3;6-9,11-15H,1,3-4H2,2H3/t;6-,7+,8+,9+/m.0/s1. The lowest BCUT2D eigenvalue weighted by atomic mass is 9.86. The summed E-state index contributed by atoms with van der Waals surface area (Å²) in [5, 5.41) is 63.8. The van der Waals surface area contributed by atoms with Crippen molar-refractivity contribution < 1.29 is 54.8 Å². The molecule has 0 bridgehead atoms. The molecule has 0 aromatic heterocycles. The molecule has 11 heteroatoms. The molecule has 11 nitrogen and oxygen atoms in total. The SMILES string of the molecule is C=C(C)C(=O)OCC(CO)(CO)CCC.C=C(C)C(=O)O[C@H](CO)[C@@H](O)[C@H](O)[C@@H](O)CO. The predicted octanol–water partition coefficient (Wildman–Crippen LogP) is -1.58. The maximum absolute atomic E-state index is 11.1. The predicted molar refractivity (Wildman–Crippen MR) is 114 cm³/mol. The summed E-state index contributed by atoms with van der Waals surface area (Å²) in [6.07, 6.45) is -5.03. The van der Waals surface area contributed by atoms with Crippen LogP contribution in [0.15, 0.2) is 24.3 Å². The number of aliphatic hydroxyl groups is 7. The number of carbonyl (C=O) groups is 2. The van der Waals surface area contributed by atoms with Gasteiger partial charge in [0.05, 0.1) is 31.8 Å². The van der Waals surface area contributed by atoms with Gasteiger partial charge in [0.25, 0.3) is 0 Å². The van der Waals surface area contributed by atoms with Crippen molar-refractivity contribution in [2.24, 2.45) is 5.41 Å². The average Bonchev–Trinajstić information content (AvgIpc) is 2.78. The first-order valence-electron chi connectivity index (χ1n) is 10.0. The number of carbonyl (C=O) groups excluding carboxylic acids is 2. The van der Waals surface area contributed by atoms with Crippen molar-refractivity contribution in [2.45, 2.75) is 58.0 Å². The molecule has 0 aliphatic heterocycles. The fourth-order valence-corrected chi connectivity index (χ4v) is 2.25. The number of hydrogen-bond acceptors (Lipinski definition) is 11. The number of ether oxygens (including phenoxy) is 2. The van der Waals surface area contributed by atoms with Crippen molar-refractivity contribution in [3.05, 3.63) is 24.3 Å². The van der Waals surface area contributed by atoms with E-state index >= 15 is 0 Å². The highest BCUT2D eigenvalue weighted by atomic mass is 16.6. The minimum Gasteiger partial charge on any atom is -0.462 e. The van der Waals surface area contributed by atoms with Crippen LogP contribution in [-0.4, -0.2) is 105 Å². The summed E-state index contributed by atoms with van der Waals surface area (Å²) in [5.41, 5.74) is -0.344. The van der Waals surface area contributed by atoms with Crippen molar-refractivity contribution in [3.63, 3.8) is 0 Å². The Bertz CT molecular complexity index is 586. The smallest absolute Gasteiger partial charge is 0.333 e. The normalized spacial score (nSPS) is 14.8. The number of hydrogen-bond donors (Lipinski definition) is 7. The maximum atomic E-state index is 11.1. The first kappa shape index (κ1) is 32.3. The van der Waals surface area contributed by atoms with E-state index in [0.29, 0.717) is 12.0 Å². The summed E-state index contributed by atoms with van der Waals surface area (Å²) in [5.74, 6) is -1.33. The highest BCUT2D eigenvalue weighted by Gasteiger charge is 2.33. The lowest BCUT2D eigenvalue weighted by Gasteiger charge is -2.28. The van der Waals surface area contributed by atoms with Gasteiger partial charge in [-0.3, -0.25) is 0 Å². The molecular formula is C21H38O11. The van der Waals surface area contributed by atoms with E-state index in [1.54, 1.807) is 6.92 Å². The van der Waals surface area contributed by atoms with Gasteiger partial charge in [-0.15, -0.1) is 0 Å². The summed E-state index contributed by atoms with van der Waals surface area (Å²) in [6, 6.07) is 0. The lowest BCUT2D eigenvalue weighted by Crippen LogP contribution is -2.48. The van der Waals surface area contributed by atoms with Crippen LogP contribution in [0.1, 0.15) is 33.6 Å². The fourth-order valence-electron chi connectivity index (χ4n) is 2.25. The summed E-state index contributed by atoms with van der Waals surface area (Å²) in [7, 11) is 0. The van der Waals surface area contributed by atoms with Gasteiger partial charge >= 0.3 is 11.9 Å². The molecule has 0 aliphatic carbocycles. The van der Waals surface area contributed by atoms with Gasteiger partial charge in [0.2, 0.25) is 0 Å². The minimum absolute atomic E-state index is 0.0273. The Balaban J connectivity index is 0. The molecule has 32 heavy (non-hydrogen) atoms. The van der Waals surface area contributed by atoms with E-state index in [0.717, 1.165) is 6.42 Å². The zero-order valence-corrected chi connectivity index (χ0v) is 18.9. The van der Waals surface area contributed by atoms with Crippen LogP contribution >= 0.6 is 0 Å². The summed E-state index contributed by atoms with van der Waals surface area (Å²) in [6.45, 7) is 9.77. The van der Waals surface area contributed by atoms with Gasteiger partial charge in [0.15, 0.2) is 6.10 Å². The molecule has 0 radical (unpaired) electrons. The number of rotatable bonds is 14.